The van der Waals surface area contributed by atoms with Crippen molar-refractivity contribution in [2.75, 3.05) is 6.61 Å². The van der Waals surface area contributed by atoms with Crippen LogP contribution in [0, 0.1) is 0 Å². The fraction of sp³-hybridized carbons (Fsp3) is 1.00. The van der Waals surface area contributed by atoms with E-state index in [1.54, 1.807) is 0 Å². The molecule has 1 fully saturated rings. The van der Waals surface area contributed by atoms with Crippen molar-refractivity contribution in [2.45, 2.75) is 65.0 Å². The predicted octanol–water partition coefficient (Wildman–Crippen LogP) is 2.98. The topological polar surface area (TPSA) is 12.5 Å². The predicted molar refractivity (Wildman–Crippen MR) is 55.5 cm³/mol. The first-order valence-electron chi connectivity index (χ1n) is 5.33. The smallest absolute Gasteiger partial charge is 0.0657 e. The van der Waals surface area contributed by atoms with Gasteiger partial charge in [-0.05, 0) is 53.9 Å². The zero-order valence-corrected chi connectivity index (χ0v) is 9.68. The van der Waals surface area contributed by atoms with E-state index in [-0.39, 0.29) is 11.1 Å². The summed E-state index contributed by atoms with van der Waals surface area (Å²) >= 11 is 0. The molecule has 0 radical (unpaired) electrons. The van der Waals surface area contributed by atoms with Crippen LogP contribution in [0.15, 0.2) is 0 Å². The Morgan fingerprint density at radius 2 is 1.54 bits per heavy atom. The summed E-state index contributed by atoms with van der Waals surface area (Å²) in [6.45, 7) is 11.9. The maximum absolute atomic E-state index is 5.75. The molecule has 0 aliphatic carbocycles. The maximum atomic E-state index is 5.75. The molecule has 13 heavy (non-hydrogen) atoms. The summed E-state index contributed by atoms with van der Waals surface area (Å²) < 4.78 is 0. The van der Waals surface area contributed by atoms with Crippen molar-refractivity contribution in [3.05, 3.63) is 0 Å². The minimum Gasteiger partial charge on any atom is -0.298 e. The van der Waals surface area contributed by atoms with E-state index in [4.69, 9.17) is 4.84 Å². The third-order valence-electron chi connectivity index (χ3n) is 2.93. The monoisotopic (exact) mass is 185 g/mol. The van der Waals surface area contributed by atoms with Gasteiger partial charge in [-0.25, -0.2) is 0 Å². The highest BCUT2D eigenvalue weighted by Gasteiger charge is 2.42. The molecule has 1 heterocycles. The molecule has 0 atom stereocenters. The summed E-state index contributed by atoms with van der Waals surface area (Å²) in [5, 5.41) is 2.20. The number of hydroxylamine groups is 2. The molecule has 0 spiro atoms. The molecule has 2 nitrogen and oxygen atoms in total. The molecule has 0 amide bonds. The lowest BCUT2D eigenvalue weighted by atomic mass is 9.82. The zero-order valence-electron chi connectivity index (χ0n) is 9.68. The average Bonchev–Trinajstić information content (AvgIpc) is 1.96. The van der Waals surface area contributed by atoms with Crippen LogP contribution in [0.25, 0.3) is 0 Å². The number of hydrogen-bond acceptors (Lipinski definition) is 2. The summed E-state index contributed by atoms with van der Waals surface area (Å²) in [7, 11) is 0. The Balaban J connectivity index is 2.78. The Hall–Kier alpha value is -0.0800. The molecular weight excluding hydrogens is 162 g/mol. The molecule has 78 valence electrons. The summed E-state index contributed by atoms with van der Waals surface area (Å²) in [5.74, 6) is 0. The van der Waals surface area contributed by atoms with E-state index in [2.05, 4.69) is 39.7 Å². The first kappa shape index (κ1) is 11.0. The number of nitrogens with zero attached hydrogens (tertiary/aromatic N) is 1. The van der Waals surface area contributed by atoms with Crippen LogP contribution in [0.3, 0.4) is 0 Å². The van der Waals surface area contributed by atoms with Crippen LogP contribution in [0.5, 0.6) is 0 Å². The second-order valence-corrected chi connectivity index (χ2v) is 5.19. The molecule has 0 aromatic carbocycles. The van der Waals surface area contributed by atoms with E-state index >= 15 is 0 Å². The molecule has 1 saturated heterocycles. The van der Waals surface area contributed by atoms with Crippen molar-refractivity contribution in [1.29, 1.82) is 0 Å². The molecule has 0 unspecified atom stereocenters. The van der Waals surface area contributed by atoms with Gasteiger partial charge in [0.05, 0.1) is 6.61 Å². The highest BCUT2D eigenvalue weighted by molar-refractivity contribution is 4.92. The highest BCUT2D eigenvalue weighted by Crippen LogP contribution is 2.38. The van der Waals surface area contributed by atoms with Gasteiger partial charge in [0, 0.05) is 11.1 Å². The standard InChI is InChI=1S/C11H23NO/c1-6-13-12-10(2,3)8-7-9-11(12,4)5/h6-9H2,1-5H3. The summed E-state index contributed by atoms with van der Waals surface area (Å²) in [5.41, 5.74) is 0.384. The molecule has 1 aliphatic heterocycles. The Kier molecular flexibility index (Phi) is 3.03. The second kappa shape index (κ2) is 3.58. The van der Waals surface area contributed by atoms with Crippen molar-refractivity contribution in [2.24, 2.45) is 0 Å². The van der Waals surface area contributed by atoms with Gasteiger partial charge in [-0.1, -0.05) is 0 Å². The Labute approximate surface area is 82.2 Å². The molecule has 0 aromatic heterocycles. The maximum Gasteiger partial charge on any atom is 0.0657 e. The molecular formula is C11H23NO. The van der Waals surface area contributed by atoms with Crippen molar-refractivity contribution >= 4 is 0 Å². The third kappa shape index (κ3) is 2.23. The molecule has 0 N–H and O–H groups in total. The van der Waals surface area contributed by atoms with Crippen LogP contribution in [0.2, 0.25) is 0 Å². The van der Waals surface area contributed by atoms with E-state index in [9.17, 15) is 0 Å². The number of hydrogen-bond donors (Lipinski definition) is 0. The first-order chi connectivity index (χ1) is 5.90. The van der Waals surface area contributed by atoms with Gasteiger partial charge in [-0.2, -0.15) is 5.06 Å². The molecule has 0 bridgehead atoms. The summed E-state index contributed by atoms with van der Waals surface area (Å²) in [6, 6.07) is 0. The van der Waals surface area contributed by atoms with Gasteiger partial charge in [-0.3, -0.25) is 4.84 Å². The average molecular weight is 185 g/mol. The molecule has 0 aromatic rings. The van der Waals surface area contributed by atoms with Gasteiger partial charge < -0.3 is 0 Å². The van der Waals surface area contributed by atoms with Gasteiger partial charge in [0.15, 0.2) is 0 Å². The lowest BCUT2D eigenvalue weighted by molar-refractivity contribution is -0.278. The lowest BCUT2D eigenvalue weighted by Gasteiger charge is -2.51. The Bertz CT molecular complexity index is 159. The van der Waals surface area contributed by atoms with Crippen LogP contribution < -0.4 is 0 Å². The van der Waals surface area contributed by atoms with Crippen LogP contribution in [-0.2, 0) is 4.84 Å². The zero-order chi connectivity index (χ0) is 10.1. The Morgan fingerprint density at radius 3 is 1.92 bits per heavy atom. The fourth-order valence-corrected chi connectivity index (χ4v) is 2.45. The first-order valence-corrected chi connectivity index (χ1v) is 5.33. The minimum atomic E-state index is 0.192. The van der Waals surface area contributed by atoms with Gasteiger partial charge in [0.2, 0.25) is 0 Å². The van der Waals surface area contributed by atoms with Crippen molar-refractivity contribution in [3.8, 4) is 0 Å². The minimum absolute atomic E-state index is 0.192. The van der Waals surface area contributed by atoms with E-state index in [1.807, 2.05) is 0 Å². The van der Waals surface area contributed by atoms with Crippen LogP contribution in [0.4, 0.5) is 0 Å². The third-order valence-corrected chi connectivity index (χ3v) is 2.93. The summed E-state index contributed by atoms with van der Waals surface area (Å²) in [6.07, 6.45) is 3.77. The van der Waals surface area contributed by atoms with Gasteiger partial charge >= 0.3 is 0 Å². The largest absolute Gasteiger partial charge is 0.298 e. The van der Waals surface area contributed by atoms with Crippen LogP contribution >= 0.6 is 0 Å². The van der Waals surface area contributed by atoms with Gasteiger partial charge in [-0.15, -0.1) is 0 Å². The highest BCUT2D eigenvalue weighted by atomic mass is 16.7. The normalized spacial score (nSPS) is 27.5. The summed E-state index contributed by atoms with van der Waals surface area (Å²) in [4.78, 5) is 5.75. The van der Waals surface area contributed by atoms with Crippen molar-refractivity contribution < 1.29 is 4.84 Å². The van der Waals surface area contributed by atoms with Crippen LogP contribution in [-0.4, -0.2) is 22.7 Å². The fourth-order valence-electron chi connectivity index (χ4n) is 2.45. The second-order valence-electron chi connectivity index (χ2n) is 5.19. The quantitative estimate of drug-likeness (QED) is 0.655. The Morgan fingerprint density at radius 1 is 1.08 bits per heavy atom. The van der Waals surface area contributed by atoms with Gasteiger partial charge in [0.25, 0.3) is 0 Å². The van der Waals surface area contributed by atoms with E-state index in [0.29, 0.717) is 0 Å². The van der Waals surface area contributed by atoms with E-state index < -0.39 is 0 Å². The molecule has 1 rings (SSSR count). The van der Waals surface area contributed by atoms with E-state index in [0.717, 1.165) is 6.61 Å². The van der Waals surface area contributed by atoms with Crippen molar-refractivity contribution in [3.63, 3.8) is 0 Å². The lowest BCUT2D eigenvalue weighted by Crippen LogP contribution is -2.58. The van der Waals surface area contributed by atoms with E-state index in [1.165, 1.54) is 19.3 Å². The van der Waals surface area contributed by atoms with Crippen LogP contribution in [0.1, 0.15) is 53.9 Å². The SMILES string of the molecule is CCON1C(C)(C)CCCC1(C)C. The number of rotatable bonds is 2. The molecule has 1 aliphatic rings. The van der Waals surface area contributed by atoms with Crippen molar-refractivity contribution in [1.82, 2.24) is 5.06 Å². The number of piperidine rings is 1. The molecule has 2 heteroatoms. The van der Waals surface area contributed by atoms with Gasteiger partial charge in [0.1, 0.15) is 0 Å². The molecule has 0 saturated carbocycles.